The van der Waals surface area contributed by atoms with Gasteiger partial charge in [0, 0.05) is 36.4 Å². The molecule has 4 N–H and O–H groups in total. The Kier molecular flexibility index (Phi) is 15.4. The van der Waals surface area contributed by atoms with Crippen molar-refractivity contribution in [3.05, 3.63) is 90.5 Å². The topological polar surface area (TPSA) is 335 Å². The lowest BCUT2D eigenvalue weighted by Crippen LogP contribution is -2.33. The predicted octanol–water partition coefficient (Wildman–Crippen LogP) is -2.15. The van der Waals surface area contributed by atoms with Gasteiger partial charge in [0.05, 0.1) is 38.6 Å². The molecule has 0 radical (unpaired) electrons. The molecule has 23 nitrogen and oxygen atoms in total. The smallest absolute Gasteiger partial charge is 0.330 e. The first kappa shape index (κ1) is 43.5. The highest BCUT2D eigenvalue weighted by Crippen LogP contribution is 2.61. The zero-order valence-electron chi connectivity index (χ0n) is 27.5. The lowest BCUT2D eigenvalue weighted by Gasteiger charge is -2.33. The fourth-order valence-electron chi connectivity index (χ4n) is 4.84. The highest BCUT2D eigenvalue weighted by atomic mass is 31.3. The van der Waals surface area contributed by atoms with Gasteiger partial charge in [0.2, 0.25) is 0 Å². The third kappa shape index (κ3) is 12.6. The van der Waals surface area contributed by atoms with Crippen LogP contribution in [0.5, 0.6) is 0 Å². The number of aromatic amines is 2. The Balaban J connectivity index is 0.000000311. The molecule has 2 aromatic heterocycles. The number of aryl methyl sites for hydroxylation is 2. The number of phosphoric acid groups is 3. The molecule has 52 heavy (non-hydrogen) atoms. The van der Waals surface area contributed by atoms with Gasteiger partial charge in [-0.15, -0.1) is 13.2 Å². The van der Waals surface area contributed by atoms with E-state index in [1.807, 2.05) is 0 Å². The molecule has 0 saturated carbocycles. The van der Waals surface area contributed by atoms with Gasteiger partial charge >= 0.3 is 11.4 Å². The van der Waals surface area contributed by atoms with Crippen molar-refractivity contribution in [2.45, 2.75) is 63.6 Å². The van der Waals surface area contributed by atoms with E-state index in [1.165, 1.54) is 30.0 Å². The van der Waals surface area contributed by atoms with E-state index < -0.39 is 83.3 Å². The maximum Gasteiger partial charge on any atom is 0.330 e. The van der Waals surface area contributed by atoms with Crippen molar-refractivity contribution < 1.29 is 70.5 Å². The molecule has 0 aromatic carbocycles. The molecule has 292 valence electrons. The summed E-state index contributed by atoms with van der Waals surface area (Å²) in [6, 6.07) is 0. The molecule has 0 bridgehead atoms. The Hall–Kier alpha value is -2.95. The minimum absolute atomic E-state index is 0.00121. The summed E-state index contributed by atoms with van der Waals surface area (Å²) in [5.74, 6) is 0. The molecule has 9 atom stereocenters. The van der Waals surface area contributed by atoms with Crippen molar-refractivity contribution >= 4 is 23.5 Å². The number of H-pyrrole nitrogens is 2. The lowest BCUT2D eigenvalue weighted by atomic mass is 10.2. The molecule has 26 heteroatoms. The second kappa shape index (κ2) is 18.4. The van der Waals surface area contributed by atoms with Crippen LogP contribution < -0.4 is 37.2 Å². The Bertz CT molecular complexity index is 1950. The average Bonchev–Trinajstić information content (AvgIpc) is 3.63. The maximum absolute atomic E-state index is 12.1. The first-order valence-corrected chi connectivity index (χ1v) is 19.3. The molecule has 3 unspecified atom stereocenters. The third-order valence-corrected chi connectivity index (χ3v) is 10.8. The summed E-state index contributed by atoms with van der Waals surface area (Å²) in [5, 5.41) is 9.29. The Labute approximate surface area is 293 Å². The first-order valence-electron chi connectivity index (χ1n) is 14.9. The summed E-state index contributed by atoms with van der Waals surface area (Å²) >= 11 is 0. The number of hydrogen-bond acceptors (Lipinski definition) is 18. The second-order valence-corrected chi connectivity index (χ2v) is 15.3. The van der Waals surface area contributed by atoms with Gasteiger partial charge in [0.1, 0.15) is 24.7 Å². The highest BCUT2D eigenvalue weighted by molar-refractivity contribution is 7.65. The van der Waals surface area contributed by atoms with Gasteiger partial charge in [-0.1, -0.05) is 12.2 Å². The van der Waals surface area contributed by atoms with Gasteiger partial charge < -0.3 is 48.2 Å². The van der Waals surface area contributed by atoms with E-state index >= 15 is 0 Å². The molecule has 4 rings (SSSR count). The number of rotatable bonds is 16. The van der Waals surface area contributed by atoms with Crippen LogP contribution in [0, 0.1) is 13.8 Å². The molecular formula is C26H36N4O19P3-3. The van der Waals surface area contributed by atoms with Gasteiger partial charge in [-0.05, 0) is 13.8 Å². The molecule has 2 saturated heterocycles. The van der Waals surface area contributed by atoms with E-state index in [4.69, 9.17) is 23.8 Å². The Morgan fingerprint density at radius 3 is 1.69 bits per heavy atom. The largest absolute Gasteiger partial charge is 0.756 e. The zero-order chi connectivity index (χ0) is 39.0. The molecule has 2 aliphatic heterocycles. The molecule has 0 amide bonds. The van der Waals surface area contributed by atoms with Crippen LogP contribution in [0.4, 0.5) is 0 Å². The van der Waals surface area contributed by atoms with Crippen molar-refractivity contribution in [3.8, 4) is 0 Å². The maximum atomic E-state index is 12.1. The lowest BCUT2D eigenvalue weighted by molar-refractivity contribution is -0.250. The number of phosphoric ester groups is 1. The predicted molar refractivity (Wildman–Crippen MR) is 169 cm³/mol. The van der Waals surface area contributed by atoms with Crippen LogP contribution in [-0.2, 0) is 45.8 Å². The number of ether oxygens (including phenoxy) is 4. The number of hydrogen-bond donors (Lipinski definition) is 4. The van der Waals surface area contributed by atoms with Crippen molar-refractivity contribution in [2.24, 2.45) is 0 Å². The number of aliphatic hydroxyl groups is 1. The zero-order valence-corrected chi connectivity index (χ0v) is 30.2. The fourth-order valence-corrected chi connectivity index (χ4v) is 7.74. The second-order valence-electron chi connectivity index (χ2n) is 11.0. The molecule has 4 heterocycles. The number of nitrogens with one attached hydrogen (secondary N) is 2. The Morgan fingerprint density at radius 1 is 0.827 bits per heavy atom. The molecular weight excluding hydrogens is 765 g/mol. The summed E-state index contributed by atoms with van der Waals surface area (Å²) < 4.78 is 69.1. The fraction of sp³-hybridized carbons (Fsp3) is 0.538. The third-order valence-electron chi connectivity index (χ3n) is 7.11. The van der Waals surface area contributed by atoms with Crippen LogP contribution >= 0.6 is 23.5 Å². The van der Waals surface area contributed by atoms with Crippen LogP contribution in [-0.4, -0.2) is 79.9 Å². The number of aromatic nitrogens is 4. The number of aliphatic hydroxyl groups excluding tert-OH is 1. The average molecular weight is 802 g/mol. The Morgan fingerprint density at radius 2 is 1.27 bits per heavy atom. The summed E-state index contributed by atoms with van der Waals surface area (Å²) in [5.41, 5.74) is -1.75. The van der Waals surface area contributed by atoms with Crippen molar-refractivity contribution in [3.63, 3.8) is 0 Å². The quantitative estimate of drug-likeness (QED) is 0.104. The van der Waals surface area contributed by atoms with Crippen LogP contribution in [0.2, 0.25) is 0 Å². The minimum atomic E-state index is -6.05. The molecule has 0 spiro atoms. The van der Waals surface area contributed by atoms with E-state index in [0.717, 1.165) is 4.57 Å². The van der Waals surface area contributed by atoms with Crippen LogP contribution in [0.3, 0.4) is 0 Å². The minimum Gasteiger partial charge on any atom is -0.756 e. The van der Waals surface area contributed by atoms with E-state index in [9.17, 15) is 52.7 Å². The summed E-state index contributed by atoms with van der Waals surface area (Å²) in [6.45, 7) is 9.35. The van der Waals surface area contributed by atoms with Gasteiger partial charge in [-0.2, -0.15) is 0 Å². The van der Waals surface area contributed by atoms with E-state index in [0.29, 0.717) is 18.6 Å². The molecule has 2 fully saturated rings. The summed E-state index contributed by atoms with van der Waals surface area (Å²) in [4.78, 5) is 92.9. The molecule has 0 aliphatic carbocycles. The van der Waals surface area contributed by atoms with E-state index in [1.54, 1.807) is 13.0 Å². The van der Waals surface area contributed by atoms with Crippen LogP contribution in [0.1, 0.15) is 36.4 Å². The molecule has 2 aromatic rings. The van der Waals surface area contributed by atoms with Crippen molar-refractivity contribution in [2.75, 3.05) is 26.4 Å². The standard InChI is InChI=1S/C13H21N2O14P3.C13H18N2O5/c1-3-4-25-9-5-11(15-6-8(2)12(16)14-13(15)17)27-10(9)7-26-31(21,22)29-32(23,24)28-30(18,19)20;1-3-4-19-9-5-11(20-10(9)7-16)15-6-8(2)12(17)14-13(15)18/h3,6,9-11H,1,4-5,7H2,2H3,(H,21,22)(H,23,24)(H,14,16,17)(H2,18,19,20);3,6,9-11,16H,1,4-5,7H2,2H3,(H,14,17,18)/p-3/t2*9-,10-,11-/m11/s1. The van der Waals surface area contributed by atoms with Gasteiger partial charge in [0.25, 0.3) is 34.6 Å². The van der Waals surface area contributed by atoms with E-state index in [2.05, 4.69) is 36.3 Å². The van der Waals surface area contributed by atoms with E-state index in [-0.39, 0.29) is 31.3 Å². The van der Waals surface area contributed by atoms with Gasteiger partial charge in [-0.3, -0.25) is 42.4 Å². The highest BCUT2D eigenvalue weighted by Gasteiger charge is 2.39. The molecule has 2 aliphatic rings. The van der Waals surface area contributed by atoms with Crippen molar-refractivity contribution in [1.82, 2.24) is 19.1 Å². The monoisotopic (exact) mass is 801 g/mol. The summed E-state index contributed by atoms with van der Waals surface area (Å²) in [6.07, 6.45) is 1.65. The van der Waals surface area contributed by atoms with Crippen LogP contribution in [0.25, 0.3) is 0 Å². The van der Waals surface area contributed by atoms with Gasteiger partial charge in [-0.25, -0.2) is 18.2 Å². The summed E-state index contributed by atoms with van der Waals surface area (Å²) in [7, 11) is -17.6. The SMILES string of the molecule is C=CCO[C@@H]1C[C@H](n2cc(C)c(=O)[nH]c2=O)O[C@@H]1CO.C=CCO[C@@H]1C[C@H](n2cc(C)c(=O)[nH]c2=O)O[C@@H]1COP(=O)([O-])OP(=O)([O-])OP(=O)([O-])O. The van der Waals surface area contributed by atoms with Gasteiger partial charge in [0.15, 0.2) is 0 Å². The first-order chi connectivity index (χ1) is 24.2. The van der Waals surface area contributed by atoms with Crippen LogP contribution in [0.15, 0.2) is 56.9 Å². The normalized spacial score (nSPS) is 26.4. The number of nitrogens with zero attached hydrogens (tertiary/aromatic N) is 2. The van der Waals surface area contributed by atoms with Crippen molar-refractivity contribution in [1.29, 1.82) is 0 Å².